The van der Waals surface area contributed by atoms with Crippen LogP contribution in [0, 0.1) is 11.8 Å². The second-order valence-corrected chi connectivity index (χ2v) is 22.1. The fraction of sp³-hybridized carbons (Fsp3) is 0.372. The Kier molecular flexibility index (Phi) is 9.30. The molecule has 3 aromatic carbocycles. The van der Waals surface area contributed by atoms with Gasteiger partial charge in [0.25, 0.3) is 0 Å². The van der Waals surface area contributed by atoms with Crippen LogP contribution in [-0.4, -0.2) is 3.21 Å². The van der Waals surface area contributed by atoms with Crippen molar-refractivity contribution in [1.29, 1.82) is 0 Å². The predicted molar refractivity (Wildman–Crippen MR) is 188 cm³/mol. The Morgan fingerprint density at radius 2 is 1.20 bits per heavy atom. The molecule has 0 radical (unpaired) electrons. The molecule has 4 aliphatic rings. The van der Waals surface area contributed by atoms with Crippen LogP contribution in [0.3, 0.4) is 0 Å². The average molecular weight is 727 g/mol. The van der Waals surface area contributed by atoms with E-state index in [9.17, 15) is 0 Å². The number of allylic oxidation sites excluding steroid dienone is 8. The molecule has 0 amide bonds. The second-order valence-electron chi connectivity index (χ2n) is 15.5. The van der Waals surface area contributed by atoms with E-state index in [1.807, 2.05) is 3.28 Å². The monoisotopic (exact) mass is 724 g/mol. The maximum absolute atomic E-state index is 2.67. The average Bonchev–Trinajstić information content (AvgIpc) is 3.59. The number of halogens is 2. The van der Waals surface area contributed by atoms with Crippen molar-refractivity contribution in [2.24, 2.45) is 11.8 Å². The summed E-state index contributed by atoms with van der Waals surface area (Å²) in [5.74, 6) is 1.05. The van der Waals surface area contributed by atoms with Crippen LogP contribution in [0.2, 0.25) is 0 Å². The molecule has 0 spiro atoms. The van der Waals surface area contributed by atoms with Crippen molar-refractivity contribution in [3.05, 3.63) is 126 Å². The molecule has 3 heteroatoms. The van der Waals surface area contributed by atoms with Gasteiger partial charge in [-0.15, -0.1) is 0 Å². The summed E-state index contributed by atoms with van der Waals surface area (Å²) in [5.41, 5.74) is 19.7. The summed E-state index contributed by atoms with van der Waals surface area (Å²) in [4.78, 5) is 0. The summed E-state index contributed by atoms with van der Waals surface area (Å²) in [6, 6.07) is 21.9. The first kappa shape index (κ1) is 35.3. The molecule has 0 bridgehead atoms. The first-order valence-corrected chi connectivity index (χ1v) is 20.5. The van der Waals surface area contributed by atoms with Gasteiger partial charge in [-0.1, -0.05) is 0 Å². The summed E-state index contributed by atoms with van der Waals surface area (Å²) < 4.78 is 3.95. The number of benzene rings is 3. The molecule has 7 rings (SSSR count). The normalized spacial score (nSPS) is 20.2. The molecule has 0 saturated carbocycles. The topological polar surface area (TPSA) is 0 Å². The number of fused-ring (bicyclic) bond motifs is 5. The Hall–Kier alpha value is -2.05. The minimum Gasteiger partial charge on any atom is -1.00 e. The largest absolute Gasteiger partial charge is 1.00 e. The second kappa shape index (κ2) is 12.1. The zero-order valence-electron chi connectivity index (χ0n) is 29.4. The third-order valence-electron chi connectivity index (χ3n) is 11.2. The Morgan fingerprint density at radius 1 is 0.717 bits per heavy atom. The summed E-state index contributed by atoms with van der Waals surface area (Å²) in [6.07, 6.45) is 7.60. The van der Waals surface area contributed by atoms with Crippen molar-refractivity contribution < 1.29 is 46.1 Å². The maximum atomic E-state index is 2.67. The van der Waals surface area contributed by atoms with Crippen LogP contribution in [0.5, 0.6) is 0 Å². The fourth-order valence-electron chi connectivity index (χ4n) is 9.23. The van der Waals surface area contributed by atoms with Gasteiger partial charge in [-0.05, 0) is 0 Å². The zero-order chi connectivity index (χ0) is 31.5. The molecular weight excluding hydrogens is 679 g/mol. The van der Waals surface area contributed by atoms with Crippen LogP contribution < -0.4 is 24.8 Å². The van der Waals surface area contributed by atoms with E-state index in [1.54, 1.807) is 25.5 Å². The molecule has 4 aliphatic carbocycles. The minimum atomic E-state index is -2.65. The van der Waals surface area contributed by atoms with Gasteiger partial charge in [0.1, 0.15) is 0 Å². The third kappa shape index (κ3) is 5.23. The fourth-order valence-corrected chi connectivity index (χ4v) is 18.7. The van der Waals surface area contributed by atoms with Gasteiger partial charge in [0.2, 0.25) is 0 Å². The molecule has 3 aromatic rings. The predicted octanol–water partition coefficient (Wildman–Crippen LogP) is 5.52. The molecule has 0 saturated heterocycles. The zero-order valence-corrected chi connectivity index (χ0v) is 33.4. The van der Waals surface area contributed by atoms with E-state index in [-0.39, 0.29) is 35.6 Å². The molecule has 0 heterocycles. The Morgan fingerprint density at radius 3 is 1.63 bits per heavy atom. The SMILES string of the molecule is CC1=CC(C)(C)c2cc3c(cc21)-c1cc2c(cc1[CH]3/[Zr+2]([C]1=C(C)C(C(C)C)=CC1C)=[C](\C)c1ccccc1)C(C)(C)C=C2C.[Cl-].[Cl-]. The van der Waals surface area contributed by atoms with Crippen LogP contribution in [0.1, 0.15) is 119 Å². The van der Waals surface area contributed by atoms with E-state index in [2.05, 4.69) is 149 Å². The van der Waals surface area contributed by atoms with E-state index >= 15 is 0 Å². The van der Waals surface area contributed by atoms with E-state index < -0.39 is 21.3 Å². The molecule has 46 heavy (non-hydrogen) atoms. The quantitative estimate of drug-likeness (QED) is 0.333. The van der Waals surface area contributed by atoms with E-state index in [0.29, 0.717) is 15.5 Å². The standard InChI is InChI=1S/C25H25.C10H15.C8H8.2ClH.Zr/c1-14-12-24(3,4)22-8-16-7-17-9-23-19(15(2)13-25(23,5)6)11-21(17)20(16)10-18(14)22;1-7(2)10-6-8(3)5-9(10)4;1-2-8-6-4-3-5-7-8;;;/h7-13H,1-6H3;6-8H,1-4H3;3-7H,1H3;2*1H;/q;;;;;+2/p-2. The van der Waals surface area contributed by atoms with Gasteiger partial charge in [0.15, 0.2) is 0 Å². The van der Waals surface area contributed by atoms with Crippen LogP contribution in [0.25, 0.3) is 22.3 Å². The Labute approximate surface area is 298 Å². The van der Waals surface area contributed by atoms with Crippen molar-refractivity contribution >= 4 is 14.4 Å². The van der Waals surface area contributed by atoms with Gasteiger partial charge in [-0.25, -0.2) is 0 Å². The van der Waals surface area contributed by atoms with Crippen molar-refractivity contribution in [3.63, 3.8) is 0 Å². The van der Waals surface area contributed by atoms with Gasteiger partial charge < -0.3 is 24.8 Å². The molecule has 0 nitrogen and oxygen atoms in total. The van der Waals surface area contributed by atoms with Gasteiger partial charge in [-0.3, -0.25) is 0 Å². The molecule has 0 aliphatic heterocycles. The summed E-state index contributed by atoms with van der Waals surface area (Å²) >= 11 is -2.65. The van der Waals surface area contributed by atoms with Crippen molar-refractivity contribution in [2.45, 2.75) is 90.6 Å². The molecule has 1 atom stereocenters. The minimum absolute atomic E-state index is 0. The van der Waals surface area contributed by atoms with Gasteiger partial charge in [-0.2, -0.15) is 0 Å². The number of rotatable bonds is 4. The van der Waals surface area contributed by atoms with Gasteiger partial charge in [0, 0.05) is 0 Å². The van der Waals surface area contributed by atoms with Crippen molar-refractivity contribution in [3.8, 4) is 11.1 Å². The first-order valence-electron chi connectivity index (χ1n) is 16.7. The van der Waals surface area contributed by atoms with E-state index in [0.717, 1.165) is 0 Å². The first-order chi connectivity index (χ1) is 20.7. The van der Waals surface area contributed by atoms with Gasteiger partial charge >= 0.3 is 275 Å². The van der Waals surface area contributed by atoms with Crippen molar-refractivity contribution in [1.82, 2.24) is 0 Å². The van der Waals surface area contributed by atoms with Gasteiger partial charge in [0.05, 0.1) is 0 Å². The Bertz CT molecular complexity index is 1840. The summed E-state index contributed by atoms with van der Waals surface area (Å²) in [7, 11) is 0. The molecule has 0 aromatic heterocycles. The molecule has 0 N–H and O–H groups in total. The van der Waals surface area contributed by atoms with E-state index in [1.165, 1.54) is 50.1 Å². The maximum Gasteiger partial charge on any atom is -1.00 e. The summed E-state index contributed by atoms with van der Waals surface area (Å²) in [6.45, 7) is 26.5. The number of hydrogen-bond donors (Lipinski definition) is 0. The molecular formula is C43H48Cl2Zr. The summed E-state index contributed by atoms with van der Waals surface area (Å²) in [5, 5.41) is 0. The van der Waals surface area contributed by atoms with Crippen LogP contribution in [0.4, 0.5) is 0 Å². The third-order valence-corrected chi connectivity index (χ3v) is 20.3. The van der Waals surface area contributed by atoms with E-state index in [4.69, 9.17) is 0 Å². The molecule has 1 unspecified atom stereocenters. The Balaban J connectivity index is 0.00000208. The molecule has 238 valence electrons. The van der Waals surface area contributed by atoms with Crippen LogP contribution in [0.15, 0.2) is 87.3 Å². The number of hydrogen-bond acceptors (Lipinski definition) is 0. The van der Waals surface area contributed by atoms with Crippen molar-refractivity contribution in [2.75, 3.05) is 0 Å². The smallest absolute Gasteiger partial charge is 1.00 e. The molecule has 0 fully saturated rings. The van der Waals surface area contributed by atoms with Crippen LogP contribution in [-0.2, 0) is 32.1 Å². The van der Waals surface area contributed by atoms with Crippen LogP contribution >= 0.6 is 0 Å².